The molecule has 2 amide bonds. The second kappa shape index (κ2) is 4.09. The zero-order valence-electron chi connectivity index (χ0n) is 8.09. The van der Waals surface area contributed by atoms with Crippen molar-refractivity contribution in [2.24, 2.45) is 0 Å². The minimum atomic E-state index is -0.736. The SMILES string of the molecule is CC1(NC(=O)C(=O)NCC#N)CCC1. The predicted octanol–water partition coefficient (Wildman–Crippen LogP) is -0.315. The molecule has 0 aromatic carbocycles. The smallest absolute Gasteiger partial charge is 0.310 e. The van der Waals surface area contributed by atoms with Crippen LogP contribution < -0.4 is 10.6 Å². The van der Waals surface area contributed by atoms with Gasteiger partial charge in [0.2, 0.25) is 0 Å². The Bertz CT molecular complexity index is 289. The maximum atomic E-state index is 11.2. The fourth-order valence-electron chi connectivity index (χ4n) is 1.36. The molecule has 0 saturated heterocycles. The van der Waals surface area contributed by atoms with Crippen molar-refractivity contribution in [1.29, 1.82) is 5.26 Å². The van der Waals surface area contributed by atoms with E-state index in [4.69, 9.17) is 5.26 Å². The van der Waals surface area contributed by atoms with E-state index in [1.54, 1.807) is 6.07 Å². The molecule has 0 radical (unpaired) electrons. The van der Waals surface area contributed by atoms with Crippen molar-refractivity contribution in [3.63, 3.8) is 0 Å². The summed E-state index contributed by atoms with van der Waals surface area (Å²) in [6.45, 7) is 1.77. The molecule has 2 N–H and O–H groups in total. The van der Waals surface area contributed by atoms with Gasteiger partial charge in [-0.05, 0) is 26.2 Å². The van der Waals surface area contributed by atoms with Gasteiger partial charge in [-0.15, -0.1) is 0 Å². The summed E-state index contributed by atoms with van der Waals surface area (Å²) in [5.41, 5.74) is -0.221. The standard InChI is InChI=1S/C9H13N3O2/c1-9(3-2-4-9)12-8(14)7(13)11-6-5-10/h2-4,6H2,1H3,(H,11,13)(H,12,14). The summed E-state index contributed by atoms with van der Waals surface area (Å²) < 4.78 is 0. The lowest BCUT2D eigenvalue weighted by molar-refractivity contribution is -0.140. The van der Waals surface area contributed by atoms with E-state index in [0.29, 0.717) is 0 Å². The van der Waals surface area contributed by atoms with Crippen LogP contribution in [-0.2, 0) is 9.59 Å². The molecule has 5 nitrogen and oxygen atoms in total. The van der Waals surface area contributed by atoms with E-state index >= 15 is 0 Å². The predicted molar refractivity (Wildman–Crippen MR) is 49.0 cm³/mol. The minimum absolute atomic E-state index is 0.136. The van der Waals surface area contributed by atoms with Gasteiger partial charge in [-0.3, -0.25) is 9.59 Å². The zero-order valence-corrected chi connectivity index (χ0v) is 8.09. The molecule has 1 rings (SSSR count). The molecule has 1 aliphatic rings. The quantitative estimate of drug-likeness (QED) is 0.468. The second-order valence-electron chi connectivity index (χ2n) is 3.71. The highest BCUT2D eigenvalue weighted by Crippen LogP contribution is 2.30. The van der Waals surface area contributed by atoms with Gasteiger partial charge >= 0.3 is 11.8 Å². The molecule has 14 heavy (non-hydrogen) atoms. The zero-order chi connectivity index (χ0) is 10.6. The van der Waals surface area contributed by atoms with Crippen LogP contribution in [-0.4, -0.2) is 23.9 Å². The van der Waals surface area contributed by atoms with E-state index in [2.05, 4.69) is 10.6 Å². The van der Waals surface area contributed by atoms with Crippen LogP contribution in [0.1, 0.15) is 26.2 Å². The molecule has 0 aromatic heterocycles. The van der Waals surface area contributed by atoms with Crippen LogP contribution in [0.15, 0.2) is 0 Å². The van der Waals surface area contributed by atoms with Gasteiger partial charge in [0.25, 0.3) is 0 Å². The molecule has 0 aromatic rings. The number of hydrogen-bond acceptors (Lipinski definition) is 3. The van der Waals surface area contributed by atoms with Crippen LogP contribution in [0.2, 0.25) is 0 Å². The summed E-state index contributed by atoms with van der Waals surface area (Å²) in [6, 6.07) is 1.73. The van der Waals surface area contributed by atoms with Crippen molar-refractivity contribution >= 4 is 11.8 Å². The number of nitrogens with one attached hydrogen (secondary N) is 2. The summed E-state index contributed by atoms with van der Waals surface area (Å²) in [6.07, 6.45) is 2.89. The Morgan fingerprint density at radius 1 is 1.43 bits per heavy atom. The third-order valence-corrected chi connectivity index (χ3v) is 2.41. The average Bonchev–Trinajstić information content (AvgIpc) is 2.11. The lowest BCUT2D eigenvalue weighted by Crippen LogP contribution is -2.54. The molecule has 0 heterocycles. The number of hydrogen-bond donors (Lipinski definition) is 2. The molecule has 76 valence electrons. The molecule has 0 bridgehead atoms. The van der Waals surface area contributed by atoms with Crippen LogP contribution >= 0.6 is 0 Å². The molecule has 0 aliphatic heterocycles. The summed E-state index contributed by atoms with van der Waals surface area (Å²) in [7, 11) is 0. The fraction of sp³-hybridized carbons (Fsp3) is 0.667. The number of carbonyl (C=O) groups excluding carboxylic acids is 2. The van der Waals surface area contributed by atoms with Crippen LogP contribution in [0, 0.1) is 11.3 Å². The Kier molecular flexibility index (Phi) is 3.07. The molecule has 5 heteroatoms. The first-order valence-corrected chi connectivity index (χ1v) is 4.55. The van der Waals surface area contributed by atoms with Gasteiger partial charge in [0.1, 0.15) is 6.54 Å². The molecule has 0 unspecified atom stereocenters. The largest absolute Gasteiger partial charge is 0.343 e. The highest BCUT2D eigenvalue weighted by atomic mass is 16.2. The van der Waals surface area contributed by atoms with Crippen LogP contribution in [0.4, 0.5) is 0 Å². The first-order valence-electron chi connectivity index (χ1n) is 4.55. The van der Waals surface area contributed by atoms with Gasteiger partial charge in [0.15, 0.2) is 0 Å². The second-order valence-corrected chi connectivity index (χ2v) is 3.71. The number of nitriles is 1. The maximum absolute atomic E-state index is 11.2. The number of carbonyl (C=O) groups is 2. The highest BCUT2D eigenvalue weighted by Gasteiger charge is 2.34. The summed E-state index contributed by atoms with van der Waals surface area (Å²) >= 11 is 0. The van der Waals surface area contributed by atoms with Crippen molar-refractivity contribution in [1.82, 2.24) is 10.6 Å². The van der Waals surface area contributed by atoms with E-state index in [-0.39, 0.29) is 12.1 Å². The van der Waals surface area contributed by atoms with E-state index in [0.717, 1.165) is 19.3 Å². The van der Waals surface area contributed by atoms with E-state index in [9.17, 15) is 9.59 Å². The molecule has 0 atom stereocenters. The molecule has 1 saturated carbocycles. The number of nitrogens with zero attached hydrogens (tertiary/aromatic N) is 1. The lowest BCUT2D eigenvalue weighted by atomic mass is 9.78. The Hall–Kier alpha value is -1.57. The first-order chi connectivity index (χ1) is 6.57. The molecular weight excluding hydrogens is 182 g/mol. The van der Waals surface area contributed by atoms with Crippen molar-refractivity contribution in [2.45, 2.75) is 31.7 Å². The average molecular weight is 195 g/mol. The Labute approximate surface area is 82.5 Å². The lowest BCUT2D eigenvalue weighted by Gasteiger charge is -2.38. The van der Waals surface area contributed by atoms with Gasteiger partial charge < -0.3 is 10.6 Å². The Morgan fingerprint density at radius 2 is 2.07 bits per heavy atom. The van der Waals surface area contributed by atoms with Gasteiger partial charge in [-0.1, -0.05) is 0 Å². The van der Waals surface area contributed by atoms with Crippen LogP contribution in [0.5, 0.6) is 0 Å². The summed E-state index contributed by atoms with van der Waals surface area (Å²) in [5.74, 6) is -1.39. The normalized spacial score (nSPS) is 17.4. The highest BCUT2D eigenvalue weighted by molar-refractivity contribution is 6.35. The Balaban J connectivity index is 2.34. The molecular formula is C9H13N3O2. The van der Waals surface area contributed by atoms with Crippen LogP contribution in [0.3, 0.4) is 0 Å². The van der Waals surface area contributed by atoms with Crippen molar-refractivity contribution < 1.29 is 9.59 Å². The molecule has 0 spiro atoms. The maximum Gasteiger partial charge on any atom is 0.310 e. The van der Waals surface area contributed by atoms with Crippen LogP contribution in [0.25, 0.3) is 0 Å². The van der Waals surface area contributed by atoms with Gasteiger partial charge in [0, 0.05) is 5.54 Å². The number of amides is 2. The topological polar surface area (TPSA) is 82.0 Å². The third-order valence-electron chi connectivity index (χ3n) is 2.41. The van der Waals surface area contributed by atoms with Gasteiger partial charge in [0.05, 0.1) is 6.07 Å². The first kappa shape index (κ1) is 10.5. The monoisotopic (exact) mass is 195 g/mol. The van der Waals surface area contributed by atoms with Crippen molar-refractivity contribution in [2.75, 3.05) is 6.54 Å². The fourth-order valence-corrected chi connectivity index (χ4v) is 1.36. The number of rotatable bonds is 2. The molecule has 1 aliphatic carbocycles. The van der Waals surface area contributed by atoms with Crippen molar-refractivity contribution in [3.05, 3.63) is 0 Å². The minimum Gasteiger partial charge on any atom is -0.343 e. The van der Waals surface area contributed by atoms with E-state index in [1.165, 1.54) is 0 Å². The van der Waals surface area contributed by atoms with Gasteiger partial charge in [-0.25, -0.2) is 0 Å². The van der Waals surface area contributed by atoms with Crippen molar-refractivity contribution in [3.8, 4) is 6.07 Å². The molecule has 1 fully saturated rings. The van der Waals surface area contributed by atoms with E-state index < -0.39 is 11.8 Å². The third kappa shape index (κ3) is 2.46. The summed E-state index contributed by atoms with van der Waals surface area (Å²) in [5, 5.41) is 13.0. The van der Waals surface area contributed by atoms with E-state index in [1.807, 2.05) is 6.92 Å². The van der Waals surface area contributed by atoms with Gasteiger partial charge in [-0.2, -0.15) is 5.26 Å². The summed E-state index contributed by atoms with van der Waals surface area (Å²) in [4.78, 5) is 22.3. The Morgan fingerprint density at radius 3 is 2.50 bits per heavy atom.